The van der Waals surface area contributed by atoms with Gasteiger partial charge in [0.1, 0.15) is 0 Å². The van der Waals surface area contributed by atoms with Crippen LogP contribution in [0, 0.1) is 0 Å². The van der Waals surface area contributed by atoms with Gasteiger partial charge in [-0.25, -0.2) is 0 Å². The van der Waals surface area contributed by atoms with Gasteiger partial charge in [0.25, 0.3) is 0 Å². The van der Waals surface area contributed by atoms with Crippen molar-refractivity contribution >= 4 is 43.2 Å². The van der Waals surface area contributed by atoms with Crippen molar-refractivity contribution in [3.05, 3.63) is 19.2 Å². The fourth-order valence-corrected chi connectivity index (χ4v) is 4.83. The van der Waals surface area contributed by atoms with Crippen molar-refractivity contribution < 1.29 is 4.74 Å². The number of hydrogen-bond donors (Lipinski definition) is 1. The minimum atomic E-state index is 0.302. The van der Waals surface area contributed by atoms with E-state index in [0.29, 0.717) is 18.7 Å². The Kier molecular flexibility index (Phi) is 6.30. The highest BCUT2D eigenvalue weighted by Crippen LogP contribution is 2.37. The van der Waals surface area contributed by atoms with Crippen molar-refractivity contribution in [1.29, 1.82) is 0 Å². The van der Waals surface area contributed by atoms with Gasteiger partial charge in [0.05, 0.1) is 15.9 Å². The van der Waals surface area contributed by atoms with Gasteiger partial charge in [-0.1, -0.05) is 0 Å². The molecule has 1 aliphatic rings. The molecule has 2 N–H and O–H groups in total. The van der Waals surface area contributed by atoms with Crippen LogP contribution >= 0.6 is 43.2 Å². The first-order valence-corrected chi connectivity index (χ1v) is 9.06. The van der Waals surface area contributed by atoms with E-state index in [1.165, 1.54) is 17.7 Å². The molecule has 0 saturated carbocycles. The van der Waals surface area contributed by atoms with Crippen LogP contribution in [0.3, 0.4) is 0 Å². The fourth-order valence-electron chi connectivity index (χ4n) is 2.59. The first kappa shape index (κ1) is 15.9. The number of thiophene rings is 1. The molecule has 0 amide bonds. The Labute approximate surface area is 135 Å². The van der Waals surface area contributed by atoms with Gasteiger partial charge in [-0.15, -0.1) is 11.3 Å². The third-order valence-corrected chi connectivity index (χ3v) is 6.83. The van der Waals surface area contributed by atoms with Crippen molar-refractivity contribution in [3.63, 3.8) is 0 Å². The number of rotatable bonds is 5. The normalized spacial score (nSPS) is 22.6. The van der Waals surface area contributed by atoms with Gasteiger partial charge in [0.2, 0.25) is 0 Å². The Morgan fingerprint density at radius 3 is 2.95 bits per heavy atom. The molecule has 1 fully saturated rings. The molecule has 2 unspecified atom stereocenters. The summed E-state index contributed by atoms with van der Waals surface area (Å²) in [5, 5.41) is 0. The summed E-state index contributed by atoms with van der Waals surface area (Å²) in [6, 6.07) is 2.48. The maximum atomic E-state index is 6.01. The predicted octanol–water partition coefficient (Wildman–Crippen LogP) is 3.77. The number of likely N-dealkylation sites (tertiary alicyclic amines) is 1. The Balaban J connectivity index is 2.08. The van der Waals surface area contributed by atoms with Crippen LogP contribution in [0.2, 0.25) is 0 Å². The van der Waals surface area contributed by atoms with E-state index in [4.69, 9.17) is 10.5 Å². The molecule has 1 aromatic heterocycles. The minimum absolute atomic E-state index is 0.302. The quantitative estimate of drug-likeness (QED) is 0.801. The monoisotopic (exact) mass is 410 g/mol. The molecule has 1 saturated heterocycles. The van der Waals surface area contributed by atoms with E-state index >= 15 is 0 Å². The average molecular weight is 412 g/mol. The van der Waals surface area contributed by atoms with Crippen molar-refractivity contribution in [3.8, 4) is 0 Å². The summed E-state index contributed by atoms with van der Waals surface area (Å²) in [5.74, 6) is 0. The molecule has 0 aliphatic carbocycles. The lowest BCUT2D eigenvalue weighted by Crippen LogP contribution is -2.43. The molecule has 0 aromatic carbocycles. The Bertz CT molecular complexity index is 392. The SMILES string of the molecule is CCOC1CCCN(C(CN)c2cc(Br)c(Br)s2)C1. The van der Waals surface area contributed by atoms with Crippen LogP contribution in [0.1, 0.15) is 30.7 Å². The summed E-state index contributed by atoms with van der Waals surface area (Å²) in [7, 11) is 0. The molecule has 1 aromatic rings. The zero-order valence-corrected chi connectivity index (χ0v) is 15.1. The van der Waals surface area contributed by atoms with Crippen molar-refractivity contribution in [2.75, 3.05) is 26.2 Å². The molecular formula is C13H20Br2N2OS. The first-order valence-electron chi connectivity index (χ1n) is 6.66. The standard InChI is InChI=1S/C13H20Br2N2OS/c1-2-18-9-4-3-5-17(8-9)11(7-16)12-6-10(14)13(15)19-12/h6,9,11H,2-5,7-8,16H2,1H3. The molecule has 2 atom stereocenters. The lowest BCUT2D eigenvalue weighted by molar-refractivity contribution is -0.00615. The highest BCUT2D eigenvalue weighted by atomic mass is 79.9. The second kappa shape index (κ2) is 7.52. The molecule has 19 heavy (non-hydrogen) atoms. The van der Waals surface area contributed by atoms with Crippen LogP contribution in [0.4, 0.5) is 0 Å². The van der Waals surface area contributed by atoms with E-state index in [9.17, 15) is 0 Å². The van der Waals surface area contributed by atoms with Crippen LogP contribution in [-0.4, -0.2) is 37.2 Å². The third kappa shape index (κ3) is 4.02. The maximum Gasteiger partial charge on any atom is 0.0843 e. The average Bonchev–Trinajstić information content (AvgIpc) is 2.71. The van der Waals surface area contributed by atoms with E-state index in [1.54, 1.807) is 11.3 Å². The number of ether oxygens (including phenoxy) is 1. The maximum absolute atomic E-state index is 6.01. The fraction of sp³-hybridized carbons (Fsp3) is 0.692. The summed E-state index contributed by atoms with van der Waals surface area (Å²) in [6.45, 7) is 5.61. The lowest BCUT2D eigenvalue weighted by Gasteiger charge is -2.37. The molecule has 1 aliphatic heterocycles. The highest BCUT2D eigenvalue weighted by molar-refractivity contribution is 9.13. The molecule has 2 rings (SSSR count). The molecule has 108 valence electrons. The predicted molar refractivity (Wildman–Crippen MR) is 87.7 cm³/mol. The zero-order valence-electron chi connectivity index (χ0n) is 11.1. The Morgan fingerprint density at radius 2 is 2.37 bits per heavy atom. The molecule has 0 spiro atoms. The van der Waals surface area contributed by atoms with Crippen LogP contribution in [0.25, 0.3) is 0 Å². The topological polar surface area (TPSA) is 38.5 Å². The van der Waals surface area contributed by atoms with Gasteiger partial charge >= 0.3 is 0 Å². The largest absolute Gasteiger partial charge is 0.377 e. The number of nitrogens with zero attached hydrogens (tertiary/aromatic N) is 1. The Hall–Kier alpha value is 0.540. The van der Waals surface area contributed by atoms with Gasteiger partial charge in [-0.3, -0.25) is 4.90 Å². The summed E-state index contributed by atoms with van der Waals surface area (Å²) < 4.78 is 8.03. The number of hydrogen-bond acceptors (Lipinski definition) is 4. The van der Waals surface area contributed by atoms with Crippen LogP contribution < -0.4 is 5.73 Å². The van der Waals surface area contributed by atoms with Crippen molar-refractivity contribution in [1.82, 2.24) is 4.90 Å². The molecular weight excluding hydrogens is 392 g/mol. The van der Waals surface area contributed by atoms with E-state index in [-0.39, 0.29) is 0 Å². The molecule has 0 bridgehead atoms. The minimum Gasteiger partial charge on any atom is -0.377 e. The Morgan fingerprint density at radius 1 is 1.58 bits per heavy atom. The van der Waals surface area contributed by atoms with Crippen molar-refractivity contribution in [2.24, 2.45) is 5.73 Å². The van der Waals surface area contributed by atoms with Gasteiger partial charge in [0, 0.05) is 29.0 Å². The van der Waals surface area contributed by atoms with Gasteiger partial charge < -0.3 is 10.5 Å². The number of halogens is 2. The summed E-state index contributed by atoms with van der Waals surface area (Å²) >= 11 is 8.88. The number of piperidine rings is 1. The van der Waals surface area contributed by atoms with Crippen LogP contribution in [0.5, 0.6) is 0 Å². The molecule has 0 radical (unpaired) electrons. The third-order valence-electron chi connectivity index (χ3n) is 3.47. The zero-order chi connectivity index (χ0) is 13.8. The van der Waals surface area contributed by atoms with E-state index in [2.05, 4.69) is 49.7 Å². The summed E-state index contributed by atoms with van der Waals surface area (Å²) in [5.41, 5.74) is 6.01. The summed E-state index contributed by atoms with van der Waals surface area (Å²) in [6.07, 6.45) is 2.72. The molecule has 2 heterocycles. The molecule has 3 nitrogen and oxygen atoms in total. The number of nitrogens with two attached hydrogens (primary N) is 1. The van der Waals surface area contributed by atoms with Gasteiger partial charge in [-0.2, -0.15) is 0 Å². The van der Waals surface area contributed by atoms with Crippen LogP contribution in [-0.2, 0) is 4.74 Å². The lowest BCUT2D eigenvalue weighted by atomic mass is 10.0. The van der Waals surface area contributed by atoms with E-state index in [1.807, 2.05) is 0 Å². The van der Waals surface area contributed by atoms with E-state index in [0.717, 1.165) is 28.0 Å². The van der Waals surface area contributed by atoms with Crippen LogP contribution in [0.15, 0.2) is 14.3 Å². The second-order valence-corrected chi connectivity index (χ2v) is 7.99. The van der Waals surface area contributed by atoms with Gasteiger partial charge in [-0.05, 0) is 64.2 Å². The van der Waals surface area contributed by atoms with Gasteiger partial charge in [0.15, 0.2) is 0 Å². The summed E-state index contributed by atoms with van der Waals surface area (Å²) in [4.78, 5) is 3.78. The smallest absolute Gasteiger partial charge is 0.0843 e. The first-order chi connectivity index (χ1) is 9.15. The van der Waals surface area contributed by atoms with E-state index < -0.39 is 0 Å². The molecule has 6 heteroatoms. The second-order valence-electron chi connectivity index (χ2n) is 4.74. The van der Waals surface area contributed by atoms with Crippen molar-refractivity contribution in [2.45, 2.75) is 31.9 Å². The highest BCUT2D eigenvalue weighted by Gasteiger charge is 2.27.